The van der Waals surface area contributed by atoms with Gasteiger partial charge in [0.2, 0.25) is 0 Å². The monoisotopic (exact) mass is 348 g/mol. The molecule has 0 aromatic heterocycles. The largest absolute Gasteiger partial charge is 0.269 e. The lowest BCUT2D eigenvalue weighted by Crippen LogP contribution is -2.27. The highest BCUT2D eigenvalue weighted by Crippen LogP contribution is 2.32. The summed E-state index contributed by atoms with van der Waals surface area (Å²) >= 11 is 0. The fourth-order valence-corrected chi connectivity index (χ4v) is 3.81. The first-order valence-corrected chi connectivity index (χ1v) is 9.11. The van der Waals surface area contributed by atoms with Gasteiger partial charge in [0.05, 0.1) is 22.2 Å². The molecule has 5 heteroatoms. The van der Waals surface area contributed by atoms with Crippen LogP contribution in [0.3, 0.4) is 0 Å². The van der Waals surface area contributed by atoms with Gasteiger partial charge in [-0.25, -0.2) is 8.42 Å². The Kier molecular flexibility index (Phi) is 4.55. The van der Waals surface area contributed by atoms with E-state index in [9.17, 15) is 8.42 Å². The van der Waals surface area contributed by atoms with E-state index in [2.05, 4.69) is 0 Å². The third kappa shape index (κ3) is 3.25. The van der Waals surface area contributed by atoms with Crippen LogP contribution in [0.25, 0.3) is 11.1 Å². The molecule has 0 spiro atoms. The first-order chi connectivity index (χ1) is 12.0. The number of hydrogen-bond acceptors (Lipinski definition) is 3. The molecule has 3 rings (SSSR count). The van der Waals surface area contributed by atoms with E-state index >= 15 is 0 Å². The van der Waals surface area contributed by atoms with E-state index in [4.69, 9.17) is 5.26 Å². The van der Waals surface area contributed by atoms with Gasteiger partial charge in [0.1, 0.15) is 0 Å². The average molecular weight is 348 g/mol. The Balaban J connectivity index is 2.06. The molecule has 0 aliphatic rings. The van der Waals surface area contributed by atoms with E-state index in [1.54, 1.807) is 6.07 Å². The van der Waals surface area contributed by atoms with Gasteiger partial charge >= 0.3 is 0 Å². The van der Waals surface area contributed by atoms with Crippen molar-refractivity contribution in [1.82, 2.24) is 0 Å². The molecule has 0 atom stereocenters. The molecule has 4 nitrogen and oxygen atoms in total. The van der Waals surface area contributed by atoms with Crippen LogP contribution in [0.2, 0.25) is 0 Å². The number of nitriles is 1. The number of sulfonamides is 1. The summed E-state index contributed by atoms with van der Waals surface area (Å²) in [6.07, 6.45) is 0. The number of nitrogens with zero attached hydrogens (tertiary/aromatic N) is 2. The molecule has 0 heterocycles. The molecule has 0 amide bonds. The average Bonchev–Trinajstić information content (AvgIpc) is 2.68. The van der Waals surface area contributed by atoms with Crippen LogP contribution >= 0.6 is 0 Å². The quantitative estimate of drug-likeness (QED) is 0.714. The zero-order valence-corrected chi connectivity index (χ0v) is 14.4. The van der Waals surface area contributed by atoms with Crippen LogP contribution in [0.1, 0.15) is 5.56 Å². The Labute approximate surface area is 147 Å². The Morgan fingerprint density at radius 2 is 1.44 bits per heavy atom. The smallest absolute Gasteiger partial charge is 0.264 e. The van der Waals surface area contributed by atoms with Gasteiger partial charge in [0.15, 0.2) is 0 Å². The van der Waals surface area contributed by atoms with E-state index in [-0.39, 0.29) is 4.90 Å². The number of rotatable bonds is 4. The van der Waals surface area contributed by atoms with E-state index in [1.165, 1.54) is 35.6 Å². The predicted octanol–water partition coefficient (Wildman–Crippen LogP) is 4.05. The highest BCUT2D eigenvalue weighted by atomic mass is 32.2. The standard InChI is InChI=1S/C20H16N2O2S/c1-22(25(23,24)18-13-11-16(15-21)12-14-18)20-10-6-5-9-19(20)17-7-3-2-4-8-17/h2-14H,1H3. The minimum atomic E-state index is -3.72. The third-order valence-corrected chi connectivity index (χ3v) is 5.76. The molecule has 0 saturated carbocycles. The zero-order valence-electron chi connectivity index (χ0n) is 13.6. The van der Waals surface area contributed by atoms with Crippen molar-refractivity contribution in [3.63, 3.8) is 0 Å². The van der Waals surface area contributed by atoms with Gasteiger partial charge in [-0.1, -0.05) is 48.5 Å². The van der Waals surface area contributed by atoms with Crippen molar-refractivity contribution in [2.75, 3.05) is 11.4 Å². The second-order valence-corrected chi connectivity index (χ2v) is 7.46. The minimum Gasteiger partial charge on any atom is -0.269 e. The van der Waals surface area contributed by atoms with Crippen molar-refractivity contribution in [2.24, 2.45) is 0 Å². The molecule has 124 valence electrons. The van der Waals surface area contributed by atoms with Crippen molar-refractivity contribution < 1.29 is 8.42 Å². The lowest BCUT2D eigenvalue weighted by Gasteiger charge is -2.22. The van der Waals surface area contributed by atoms with Gasteiger partial charge in [-0.3, -0.25) is 4.31 Å². The maximum atomic E-state index is 13.0. The summed E-state index contributed by atoms with van der Waals surface area (Å²) in [4.78, 5) is 0.150. The molecule has 0 bridgehead atoms. The van der Waals surface area contributed by atoms with Gasteiger partial charge in [-0.15, -0.1) is 0 Å². The van der Waals surface area contributed by atoms with Crippen LogP contribution in [-0.4, -0.2) is 15.5 Å². The van der Waals surface area contributed by atoms with E-state index in [1.807, 2.05) is 54.6 Å². The van der Waals surface area contributed by atoms with Gasteiger partial charge in [0, 0.05) is 12.6 Å². The van der Waals surface area contributed by atoms with Crippen LogP contribution in [0.15, 0.2) is 83.8 Å². The lowest BCUT2D eigenvalue weighted by atomic mass is 10.0. The summed E-state index contributed by atoms with van der Waals surface area (Å²) in [5.74, 6) is 0. The first kappa shape index (κ1) is 16.7. The second kappa shape index (κ2) is 6.80. The Morgan fingerprint density at radius 3 is 2.08 bits per heavy atom. The van der Waals surface area contributed by atoms with E-state index < -0.39 is 10.0 Å². The molecular formula is C20H16N2O2S. The van der Waals surface area contributed by atoms with Gasteiger partial charge < -0.3 is 0 Å². The second-order valence-electron chi connectivity index (χ2n) is 5.49. The molecule has 0 radical (unpaired) electrons. The van der Waals surface area contributed by atoms with Gasteiger partial charge in [-0.05, 0) is 35.9 Å². The molecule has 3 aromatic rings. The molecule has 0 fully saturated rings. The molecule has 25 heavy (non-hydrogen) atoms. The zero-order chi connectivity index (χ0) is 17.9. The topological polar surface area (TPSA) is 61.2 Å². The summed E-state index contributed by atoms with van der Waals surface area (Å²) in [6, 6.07) is 24.9. The summed E-state index contributed by atoms with van der Waals surface area (Å²) in [5, 5.41) is 8.87. The van der Waals surface area contributed by atoms with E-state index in [0.29, 0.717) is 11.3 Å². The molecule has 0 unspecified atom stereocenters. The minimum absolute atomic E-state index is 0.150. The molecule has 0 aliphatic heterocycles. The maximum Gasteiger partial charge on any atom is 0.264 e. The van der Waals surface area contributed by atoms with Crippen LogP contribution in [-0.2, 0) is 10.0 Å². The SMILES string of the molecule is CN(c1ccccc1-c1ccccc1)S(=O)(=O)c1ccc(C#N)cc1. The summed E-state index contributed by atoms with van der Waals surface area (Å²) in [5.41, 5.74) is 2.80. The van der Waals surface area contributed by atoms with Crippen LogP contribution in [0.4, 0.5) is 5.69 Å². The van der Waals surface area contributed by atoms with Crippen LogP contribution in [0.5, 0.6) is 0 Å². The molecule has 0 aliphatic carbocycles. The van der Waals surface area contributed by atoms with Crippen molar-refractivity contribution in [2.45, 2.75) is 4.90 Å². The Hall–Kier alpha value is -3.10. The molecule has 3 aromatic carbocycles. The normalized spacial score (nSPS) is 10.9. The molecule has 0 saturated heterocycles. The summed E-state index contributed by atoms with van der Waals surface area (Å²) in [6.45, 7) is 0. The Morgan fingerprint density at radius 1 is 0.840 bits per heavy atom. The van der Waals surface area contributed by atoms with Gasteiger partial charge in [-0.2, -0.15) is 5.26 Å². The molecule has 0 N–H and O–H groups in total. The number of para-hydroxylation sites is 1. The van der Waals surface area contributed by atoms with Gasteiger partial charge in [0.25, 0.3) is 10.0 Å². The molecular weight excluding hydrogens is 332 g/mol. The first-order valence-electron chi connectivity index (χ1n) is 7.67. The Bertz CT molecular complexity index is 1020. The highest BCUT2D eigenvalue weighted by Gasteiger charge is 2.23. The number of benzene rings is 3. The number of hydrogen-bond donors (Lipinski definition) is 0. The summed E-state index contributed by atoms with van der Waals surface area (Å²) < 4.78 is 27.2. The van der Waals surface area contributed by atoms with E-state index in [0.717, 1.165) is 11.1 Å². The van der Waals surface area contributed by atoms with Crippen molar-refractivity contribution in [3.8, 4) is 17.2 Å². The fourth-order valence-electron chi connectivity index (χ4n) is 2.60. The van der Waals surface area contributed by atoms with Crippen molar-refractivity contribution in [3.05, 3.63) is 84.4 Å². The lowest BCUT2D eigenvalue weighted by molar-refractivity contribution is 0.594. The predicted molar refractivity (Wildman–Crippen MR) is 98.6 cm³/mol. The highest BCUT2D eigenvalue weighted by molar-refractivity contribution is 7.92. The number of anilines is 1. The van der Waals surface area contributed by atoms with Crippen LogP contribution in [0, 0.1) is 11.3 Å². The maximum absolute atomic E-state index is 13.0. The fraction of sp³-hybridized carbons (Fsp3) is 0.0500. The van der Waals surface area contributed by atoms with Crippen LogP contribution < -0.4 is 4.31 Å². The van der Waals surface area contributed by atoms with Crippen molar-refractivity contribution in [1.29, 1.82) is 5.26 Å². The summed E-state index contributed by atoms with van der Waals surface area (Å²) in [7, 11) is -2.19. The third-order valence-electron chi connectivity index (χ3n) is 3.97. The van der Waals surface area contributed by atoms with Crippen molar-refractivity contribution >= 4 is 15.7 Å².